The SMILES string of the molecule is CCC(=O)c1ccc(Cc2ccc(C(=O)CC)cc2)cc1. The van der Waals surface area contributed by atoms with Gasteiger partial charge in [-0.05, 0) is 17.5 Å². The first kappa shape index (κ1) is 15.2. The van der Waals surface area contributed by atoms with Crippen LogP contribution in [0.25, 0.3) is 0 Å². The Kier molecular flexibility index (Phi) is 5.04. The van der Waals surface area contributed by atoms with Crippen LogP contribution in [0.3, 0.4) is 0 Å². The van der Waals surface area contributed by atoms with E-state index in [1.54, 1.807) is 0 Å². The maximum absolute atomic E-state index is 11.6. The molecule has 0 N–H and O–H groups in total. The van der Waals surface area contributed by atoms with Crippen LogP contribution in [0.5, 0.6) is 0 Å². The van der Waals surface area contributed by atoms with Crippen LogP contribution < -0.4 is 0 Å². The molecule has 0 saturated heterocycles. The summed E-state index contributed by atoms with van der Waals surface area (Å²) < 4.78 is 0. The maximum atomic E-state index is 11.6. The van der Waals surface area contributed by atoms with Crippen LogP contribution in [0.2, 0.25) is 0 Å². The van der Waals surface area contributed by atoms with Crippen molar-refractivity contribution in [1.82, 2.24) is 0 Å². The molecule has 0 bridgehead atoms. The van der Waals surface area contributed by atoms with E-state index in [9.17, 15) is 9.59 Å². The molecule has 0 aliphatic heterocycles. The molecule has 0 fully saturated rings. The van der Waals surface area contributed by atoms with Gasteiger partial charge in [-0.25, -0.2) is 0 Å². The zero-order valence-corrected chi connectivity index (χ0v) is 12.6. The van der Waals surface area contributed by atoms with Crippen molar-refractivity contribution < 1.29 is 9.59 Å². The molecular formula is C19H20O2. The van der Waals surface area contributed by atoms with Crippen LogP contribution in [-0.4, -0.2) is 11.6 Å². The van der Waals surface area contributed by atoms with Crippen molar-refractivity contribution in [1.29, 1.82) is 0 Å². The molecule has 0 aliphatic rings. The topological polar surface area (TPSA) is 34.1 Å². The van der Waals surface area contributed by atoms with Gasteiger partial charge in [-0.3, -0.25) is 9.59 Å². The summed E-state index contributed by atoms with van der Waals surface area (Å²) in [6.45, 7) is 3.74. The second-order valence-electron chi connectivity index (χ2n) is 5.12. The molecule has 0 spiro atoms. The number of Topliss-reactive ketones (excluding diaryl/α,β-unsaturated/α-hetero) is 2. The third-order valence-corrected chi connectivity index (χ3v) is 3.60. The Morgan fingerprint density at radius 3 is 1.29 bits per heavy atom. The molecule has 0 aromatic heterocycles. The molecule has 0 heterocycles. The summed E-state index contributed by atoms with van der Waals surface area (Å²) in [4.78, 5) is 23.2. The lowest BCUT2D eigenvalue weighted by Crippen LogP contribution is -1.98. The third kappa shape index (κ3) is 3.88. The zero-order valence-electron chi connectivity index (χ0n) is 12.6. The van der Waals surface area contributed by atoms with Gasteiger partial charge in [0.05, 0.1) is 0 Å². The van der Waals surface area contributed by atoms with E-state index in [0.29, 0.717) is 12.8 Å². The van der Waals surface area contributed by atoms with Gasteiger partial charge in [0.2, 0.25) is 0 Å². The van der Waals surface area contributed by atoms with Crippen molar-refractivity contribution in [3.63, 3.8) is 0 Å². The summed E-state index contributed by atoms with van der Waals surface area (Å²) in [6.07, 6.45) is 1.87. The van der Waals surface area contributed by atoms with E-state index in [0.717, 1.165) is 28.7 Å². The Bertz CT molecular complexity index is 564. The van der Waals surface area contributed by atoms with E-state index in [2.05, 4.69) is 0 Å². The van der Waals surface area contributed by atoms with Gasteiger partial charge in [0, 0.05) is 24.0 Å². The molecule has 2 rings (SSSR count). The minimum atomic E-state index is 0.170. The van der Waals surface area contributed by atoms with Crippen LogP contribution in [-0.2, 0) is 6.42 Å². The molecule has 0 aliphatic carbocycles. The molecule has 0 saturated carbocycles. The number of carbonyl (C=O) groups is 2. The Morgan fingerprint density at radius 1 is 0.667 bits per heavy atom. The lowest BCUT2D eigenvalue weighted by atomic mass is 10.00. The number of carbonyl (C=O) groups excluding carboxylic acids is 2. The molecule has 0 unspecified atom stereocenters. The van der Waals surface area contributed by atoms with E-state index in [4.69, 9.17) is 0 Å². The first-order valence-electron chi connectivity index (χ1n) is 7.38. The summed E-state index contributed by atoms with van der Waals surface area (Å²) in [7, 11) is 0. The van der Waals surface area contributed by atoms with E-state index in [-0.39, 0.29) is 11.6 Å². The van der Waals surface area contributed by atoms with E-state index >= 15 is 0 Å². The van der Waals surface area contributed by atoms with Crippen molar-refractivity contribution in [3.8, 4) is 0 Å². The van der Waals surface area contributed by atoms with Gasteiger partial charge in [-0.15, -0.1) is 0 Å². The number of hydrogen-bond acceptors (Lipinski definition) is 2. The predicted molar refractivity (Wildman–Crippen MR) is 84.9 cm³/mol. The van der Waals surface area contributed by atoms with Gasteiger partial charge in [0.25, 0.3) is 0 Å². The molecule has 0 atom stereocenters. The maximum Gasteiger partial charge on any atom is 0.162 e. The zero-order chi connectivity index (χ0) is 15.2. The van der Waals surface area contributed by atoms with Gasteiger partial charge in [0.1, 0.15) is 0 Å². The lowest BCUT2D eigenvalue weighted by Gasteiger charge is -2.05. The van der Waals surface area contributed by atoms with Crippen molar-refractivity contribution in [2.24, 2.45) is 0 Å². The molecule has 0 radical (unpaired) electrons. The highest BCUT2D eigenvalue weighted by Crippen LogP contribution is 2.13. The highest BCUT2D eigenvalue weighted by Gasteiger charge is 2.05. The lowest BCUT2D eigenvalue weighted by molar-refractivity contribution is 0.0980. The van der Waals surface area contributed by atoms with Crippen LogP contribution >= 0.6 is 0 Å². The first-order valence-corrected chi connectivity index (χ1v) is 7.38. The van der Waals surface area contributed by atoms with Crippen LogP contribution in [0.1, 0.15) is 58.5 Å². The number of hydrogen-bond donors (Lipinski definition) is 0. The number of rotatable bonds is 6. The van der Waals surface area contributed by atoms with E-state index in [1.165, 1.54) is 0 Å². The second-order valence-corrected chi connectivity index (χ2v) is 5.12. The smallest absolute Gasteiger partial charge is 0.162 e. The van der Waals surface area contributed by atoms with Gasteiger partial charge in [-0.1, -0.05) is 62.4 Å². The van der Waals surface area contributed by atoms with Crippen molar-refractivity contribution >= 4 is 11.6 Å². The molecule has 108 valence electrons. The molecule has 2 aromatic rings. The van der Waals surface area contributed by atoms with Crippen molar-refractivity contribution in [2.45, 2.75) is 33.1 Å². The first-order chi connectivity index (χ1) is 10.1. The monoisotopic (exact) mass is 280 g/mol. The average Bonchev–Trinajstić information content (AvgIpc) is 2.55. The Hall–Kier alpha value is -2.22. The van der Waals surface area contributed by atoms with Gasteiger partial charge >= 0.3 is 0 Å². The minimum Gasteiger partial charge on any atom is -0.294 e. The summed E-state index contributed by atoms with van der Waals surface area (Å²) in [5.41, 5.74) is 3.87. The van der Waals surface area contributed by atoms with Crippen molar-refractivity contribution in [2.75, 3.05) is 0 Å². The predicted octanol–water partition coefficient (Wildman–Crippen LogP) is 4.46. The Labute approximate surface area is 125 Å². The molecule has 0 amide bonds. The average molecular weight is 280 g/mol. The summed E-state index contributed by atoms with van der Waals surface area (Å²) in [5.74, 6) is 0.341. The number of ketones is 2. The fourth-order valence-corrected chi connectivity index (χ4v) is 2.26. The Morgan fingerprint density at radius 2 is 1.00 bits per heavy atom. The normalized spacial score (nSPS) is 10.4. The molecule has 21 heavy (non-hydrogen) atoms. The number of benzene rings is 2. The largest absolute Gasteiger partial charge is 0.294 e. The van der Waals surface area contributed by atoms with Gasteiger partial charge in [-0.2, -0.15) is 0 Å². The van der Waals surface area contributed by atoms with Gasteiger partial charge in [0.15, 0.2) is 11.6 Å². The van der Waals surface area contributed by atoms with Gasteiger partial charge < -0.3 is 0 Å². The second kappa shape index (κ2) is 6.98. The standard InChI is InChI=1S/C19H20O2/c1-3-18(20)16-9-5-14(6-10-16)13-15-7-11-17(12-8-15)19(21)4-2/h5-12H,3-4,13H2,1-2H3. The highest BCUT2D eigenvalue weighted by atomic mass is 16.1. The van der Waals surface area contributed by atoms with Crippen LogP contribution in [0.15, 0.2) is 48.5 Å². The highest BCUT2D eigenvalue weighted by molar-refractivity contribution is 5.96. The fourth-order valence-electron chi connectivity index (χ4n) is 2.26. The quantitative estimate of drug-likeness (QED) is 0.732. The third-order valence-electron chi connectivity index (χ3n) is 3.60. The summed E-state index contributed by atoms with van der Waals surface area (Å²) in [6, 6.07) is 15.5. The fraction of sp³-hybridized carbons (Fsp3) is 0.263. The van der Waals surface area contributed by atoms with E-state index < -0.39 is 0 Å². The van der Waals surface area contributed by atoms with Crippen LogP contribution in [0, 0.1) is 0 Å². The molecule has 2 nitrogen and oxygen atoms in total. The molecule has 2 heteroatoms. The summed E-state index contributed by atoms with van der Waals surface area (Å²) in [5, 5.41) is 0. The minimum absolute atomic E-state index is 0.170. The van der Waals surface area contributed by atoms with E-state index in [1.807, 2.05) is 62.4 Å². The molecule has 2 aromatic carbocycles. The molecular weight excluding hydrogens is 260 g/mol. The van der Waals surface area contributed by atoms with Crippen molar-refractivity contribution in [3.05, 3.63) is 70.8 Å². The Balaban J connectivity index is 2.08. The summed E-state index contributed by atoms with van der Waals surface area (Å²) >= 11 is 0. The van der Waals surface area contributed by atoms with Crippen LogP contribution in [0.4, 0.5) is 0 Å².